The van der Waals surface area contributed by atoms with Crippen molar-refractivity contribution in [3.63, 3.8) is 0 Å². The highest BCUT2D eigenvalue weighted by molar-refractivity contribution is 5.95. The van der Waals surface area contributed by atoms with Gasteiger partial charge in [0.25, 0.3) is 5.91 Å². The van der Waals surface area contributed by atoms with Gasteiger partial charge in [0, 0.05) is 17.8 Å². The second-order valence-electron chi connectivity index (χ2n) is 3.68. The molecule has 0 radical (unpaired) electrons. The summed E-state index contributed by atoms with van der Waals surface area (Å²) in [4.78, 5) is 22.2. The zero-order valence-corrected chi connectivity index (χ0v) is 9.82. The van der Waals surface area contributed by atoms with Crippen LogP contribution in [0.1, 0.15) is 30.1 Å². The van der Waals surface area contributed by atoms with Gasteiger partial charge >= 0.3 is 6.03 Å². The van der Waals surface area contributed by atoms with Crippen molar-refractivity contribution in [2.24, 2.45) is 5.73 Å². The fraction of sp³-hybridized carbons (Fsp3) is 0.333. The number of hydrogen-bond acceptors (Lipinski definition) is 2. The molecule has 1 rings (SSSR count). The molecule has 17 heavy (non-hydrogen) atoms. The van der Waals surface area contributed by atoms with Crippen molar-refractivity contribution < 1.29 is 9.59 Å². The third kappa shape index (κ3) is 4.55. The third-order valence-corrected chi connectivity index (χ3v) is 2.23. The number of carbonyl (C=O) groups excluding carboxylic acids is 2. The summed E-state index contributed by atoms with van der Waals surface area (Å²) in [5, 5.41) is 5.24. The Bertz CT molecular complexity index is 387. The van der Waals surface area contributed by atoms with Gasteiger partial charge < -0.3 is 16.4 Å². The van der Waals surface area contributed by atoms with Crippen LogP contribution in [-0.4, -0.2) is 18.5 Å². The van der Waals surface area contributed by atoms with Crippen molar-refractivity contribution in [3.8, 4) is 0 Å². The van der Waals surface area contributed by atoms with E-state index in [2.05, 4.69) is 17.6 Å². The minimum absolute atomic E-state index is 0.107. The molecule has 92 valence electrons. The fourth-order valence-corrected chi connectivity index (χ4v) is 1.33. The Hall–Kier alpha value is -2.04. The number of hydrogen-bond donors (Lipinski definition) is 3. The molecule has 1 aromatic carbocycles. The second kappa shape index (κ2) is 6.52. The van der Waals surface area contributed by atoms with Crippen LogP contribution in [0, 0.1) is 0 Å². The highest BCUT2D eigenvalue weighted by atomic mass is 16.2. The van der Waals surface area contributed by atoms with Gasteiger partial charge in [-0.1, -0.05) is 13.3 Å². The van der Waals surface area contributed by atoms with Gasteiger partial charge in [-0.25, -0.2) is 4.79 Å². The molecule has 0 aliphatic rings. The van der Waals surface area contributed by atoms with Crippen LogP contribution in [0.2, 0.25) is 0 Å². The molecule has 0 atom stereocenters. The van der Waals surface area contributed by atoms with Crippen molar-refractivity contribution in [1.82, 2.24) is 5.32 Å². The molecule has 0 saturated carbocycles. The number of amides is 3. The molecule has 5 heteroatoms. The summed E-state index contributed by atoms with van der Waals surface area (Å²) >= 11 is 0. The van der Waals surface area contributed by atoms with Crippen molar-refractivity contribution in [2.75, 3.05) is 11.9 Å². The smallest absolute Gasteiger partial charge is 0.316 e. The molecule has 0 aliphatic heterocycles. The number of benzene rings is 1. The number of nitrogens with one attached hydrogen (secondary N) is 2. The molecule has 0 fully saturated rings. The van der Waals surface area contributed by atoms with Crippen LogP contribution in [0.15, 0.2) is 24.3 Å². The zero-order valence-electron chi connectivity index (χ0n) is 9.82. The maximum Gasteiger partial charge on any atom is 0.316 e. The van der Waals surface area contributed by atoms with Crippen LogP contribution >= 0.6 is 0 Å². The van der Waals surface area contributed by atoms with Gasteiger partial charge in [0.2, 0.25) is 0 Å². The molecule has 4 N–H and O–H groups in total. The van der Waals surface area contributed by atoms with Crippen LogP contribution in [-0.2, 0) is 0 Å². The SMILES string of the molecule is CCCCNC(=O)c1ccc(NC(N)=O)cc1. The standard InChI is InChI=1S/C12H17N3O2/c1-2-3-8-14-11(16)9-4-6-10(7-5-9)15-12(13)17/h4-7H,2-3,8H2,1H3,(H,14,16)(H3,13,15,17). The first kappa shape index (κ1) is 13.0. The van der Waals surface area contributed by atoms with E-state index in [-0.39, 0.29) is 5.91 Å². The molecular weight excluding hydrogens is 218 g/mol. The van der Waals surface area contributed by atoms with E-state index in [1.807, 2.05) is 0 Å². The van der Waals surface area contributed by atoms with Crippen molar-refractivity contribution in [3.05, 3.63) is 29.8 Å². The average molecular weight is 235 g/mol. The Balaban J connectivity index is 2.54. The molecule has 0 aromatic heterocycles. The van der Waals surface area contributed by atoms with Gasteiger partial charge in [-0.15, -0.1) is 0 Å². The summed E-state index contributed by atoms with van der Waals surface area (Å²) in [6.07, 6.45) is 2.01. The molecule has 0 unspecified atom stereocenters. The lowest BCUT2D eigenvalue weighted by atomic mass is 10.2. The van der Waals surface area contributed by atoms with Crippen LogP contribution in [0.5, 0.6) is 0 Å². The number of rotatable bonds is 5. The van der Waals surface area contributed by atoms with Crippen LogP contribution < -0.4 is 16.4 Å². The highest BCUT2D eigenvalue weighted by Crippen LogP contribution is 2.09. The van der Waals surface area contributed by atoms with Gasteiger partial charge in [0.15, 0.2) is 0 Å². The molecule has 1 aromatic rings. The van der Waals surface area contributed by atoms with Crippen molar-refractivity contribution in [1.29, 1.82) is 0 Å². The van der Waals surface area contributed by atoms with E-state index in [1.165, 1.54) is 0 Å². The van der Waals surface area contributed by atoms with Crippen LogP contribution in [0.4, 0.5) is 10.5 Å². The van der Waals surface area contributed by atoms with E-state index in [4.69, 9.17) is 5.73 Å². The maximum absolute atomic E-state index is 11.6. The predicted molar refractivity (Wildman–Crippen MR) is 66.9 cm³/mol. The molecule has 0 bridgehead atoms. The molecular formula is C12H17N3O2. The Labute approximate surface area is 100 Å². The zero-order chi connectivity index (χ0) is 12.7. The highest BCUT2D eigenvalue weighted by Gasteiger charge is 2.04. The Morgan fingerprint density at radius 2 is 1.88 bits per heavy atom. The third-order valence-electron chi connectivity index (χ3n) is 2.23. The van der Waals surface area contributed by atoms with E-state index < -0.39 is 6.03 Å². The van der Waals surface area contributed by atoms with E-state index in [0.29, 0.717) is 17.8 Å². The number of unbranched alkanes of at least 4 members (excludes halogenated alkanes) is 1. The second-order valence-corrected chi connectivity index (χ2v) is 3.68. The Morgan fingerprint density at radius 3 is 2.41 bits per heavy atom. The van der Waals surface area contributed by atoms with Crippen molar-refractivity contribution in [2.45, 2.75) is 19.8 Å². The van der Waals surface area contributed by atoms with Crippen LogP contribution in [0.25, 0.3) is 0 Å². The molecule has 0 aliphatic carbocycles. The first-order chi connectivity index (χ1) is 8.13. The molecule has 0 spiro atoms. The van der Waals surface area contributed by atoms with Gasteiger partial charge in [0.05, 0.1) is 0 Å². The summed E-state index contributed by atoms with van der Waals surface area (Å²) in [5.41, 5.74) is 6.11. The summed E-state index contributed by atoms with van der Waals surface area (Å²) in [6.45, 7) is 2.74. The maximum atomic E-state index is 11.6. The van der Waals surface area contributed by atoms with Crippen molar-refractivity contribution >= 4 is 17.6 Å². The minimum Gasteiger partial charge on any atom is -0.352 e. The van der Waals surface area contributed by atoms with E-state index >= 15 is 0 Å². The summed E-state index contributed by atoms with van der Waals surface area (Å²) in [5.74, 6) is -0.107. The fourth-order valence-electron chi connectivity index (χ4n) is 1.33. The van der Waals surface area contributed by atoms with Gasteiger partial charge in [-0.05, 0) is 30.7 Å². The number of carbonyl (C=O) groups is 2. The van der Waals surface area contributed by atoms with E-state index in [0.717, 1.165) is 12.8 Å². The minimum atomic E-state index is -0.620. The lowest BCUT2D eigenvalue weighted by Crippen LogP contribution is -2.24. The monoisotopic (exact) mass is 235 g/mol. The largest absolute Gasteiger partial charge is 0.352 e. The van der Waals surface area contributed by atoms with Gasteiger partial charge in [0.1, 0.15) is 0 Å². The van der Waals surface area contributed by atoms with E-state index in [9.17, 15) is 9.59 Å². The molecule has 0 saturated heterocycles. The molecule has 0 heterocycles. The van der Waals surface area contributed by atoms with Gasteiger partial charge in [-0.3, -0.25) is 4.79 Å². The molecule has 5 nitrogen and oxygen atoms in total. The normalized spacial score (nSPS) is 9.71. The summed E-state index contributed by atoms with van der Waals surface area (Å²) < 4.78 is 0. The Kier molecular flexibility index (Phi) is 5.00. The topological polar surface area (TPSA) is 84.2 Å². The lowest BCUT2D eigenvalue weighted by Gasteiger charge is -2.05. The first-order valence-electron chi connectivity index (χ1n) is 5.58. The predicted octanol–water partition coefficient (Wildman–Crippen LogP) is 1.71. The average Bonchev–Trinajstić information content (AvgIpc) is 2.29. The number of nitrogens with two attached hydrogens (primary N) is 1. The van der Waals surface area contributed by atoms with Crippen LogP contribution in [0.3, 0.4) is 0 Å². The Morgan fingerprint density at radius 1 is 1.24 bits per heavy atom. The first-order valence-corrected chi connectivity index (χ1v) is 5.58. The van der Waals surface area contributed by atoms with E-state index in [1.54, 1.807) is 24.3 Å². The number of primary amides is 1. The summed E-state index contributed by atoms with van der Waals surface area (Å²) in [6, 6.07) is 5.95. The summed E-state index contributed by atoms with van der Waals surface area (Å²) in [7, 11) is 0. The molecule has 3 amide bonds. The lowest BCUT2D eigenvalue weighted by molar-refractivity contribution is 0.0953. The number of urea groups is 1. The van der Waals surface area contributed by atoms with Gasteiger partial charge in [-0.2, -0.15) is 0 Å². The number of anilines is 1. The quantitative estimate of drug-likeness (QED) is 0.679.